The smallest absolute Gasteiger partial charge is 0.343 e. The molecule has 0 aromatic heterocycles. The Hall–Kier alpha value is -7.06. The van der Waals surface area contributed by atoms with Gasteiger partial charge in [0.2, 0.25) is 70.9 Å². The molecule has 6 fully saturated rings. The largest absolute Gasteiger partial charge is 0.417 e. The zero-order chi connectivity index (χ0) is 74.4. The van der Waals surface area contributed by atoms with Gasteiger partial charge < -0.3 is 60.0 Å². The molecule has 3 N–H and O–H groups in total. The van der Waals surface area contributed by atoms with Crippen molar-refractivity contribution in [2.75, 3.05) is 88.6 Å². The Morgan fingerprint density at radius 1 is 0.594 bits per heavy atom. The van der Waals surface area contributed by atoms with Crippen LogP contribution in [0.3, 0.4) is 0 Å². The molecular formula is C73H112ClF3N12O12. The topological polar surface area (TPSA) is 270 Å². The van der Waals surface area contributed by atoms with Gasteiger partial charge in [0.05, 0.1) is 36.6 Å². The summed E-state index contributed by atoms with van der Waals surface area (Å²) in [5.74, 6) is -8.74. The predicted octanol–water partition coefficient (Wildman–Crippen LogP) is 6.42. The number of halogens is 4. The second kappa shape index (κ2) is 36.4. The van der Waals surface area contributed by atoms with Crippen LogP contribution in [0.5, 0.6) is 0 Å². The number of likely N-dealkylation sites (N-methyl/N-ethyl adjacent to an activating group) is 7. The molecule has 3 heterocycles. The van der Waals surface area contributed by atoms with Gasteiger partial charge >= 0.3 is 6.18 Å². The molecular weight excluding hydrogens is 1330 g/mol. The van der Waals surface area contributed by atoms with Gasteiger partial charge in [-0.3, -0.25) is 57.5 Å². The lowest BCUT2D eigenvalue weighted by Crippen LogP contribution is -2.65. The Morgan fingerprint density at radius 3 is 1.73 bits per heavy atom. The van der Waals surface area contributed by atoms with Gasteiger partial charge in [-0.05, 0) is 112 Å². The fourth-order valence-corrected chi connectivity index (χ4v) is 16.2. The zero-order valence-electron chi connectivity index (χ0n) is 61.4. The number of nitrogens with one attached hydrogen (secondary N) is 3. The molecule has 0 bridgehead atoms. The zero-order valence-corrected chi connectivity index (χ0v) is 62.2. The summed E-state index contributed by atoms with van der Waals surface area (Å²) in [5, 5.41) is 8.20. The van der Waals surface area contributed by atoms with Crippen LogP contribution < -0.4 is 16.0 Å². The summed E-state index contributed by atoms with van der Waals surface area (Å²) in [6, 6.07) is -5.57. The van der Waals surface area contributed by atoms with Crippen LogP contribution in [0.15, 0.2) is 18.2 Å². The van der Waals surface area contributed by atoms with Crippen molar-refractivity contribution in [1.29, 1.82) is 0 Å². The molecule has 101 heavy (non-hydrogen) atoms. The van der Waals surface area contributed by atoms with Gasteiger partial charge in [0.1, 0.15) is 47.8 Å². The number of nitrogens with zero attached hydrogens (tertiary/aromatic N) is 9. The third kappa shape index (κ3) is 20.6. The first-order chi connectivity index (χ1) is 47.7. The summed E-state index contributed by atoms with van der Waals surface area (Å²) in [6.45, 7) is 6.23. The van der Waals surface area contributed by atoms with Crippen LogP contribution in [-0.4, -0.2) is 251 Å². The number of amides is 12. The van der Waals surface area contributed by atoms with E-state index in [1.807, 2.05) is 6.92 Å². The van der Waals surface area contributed by atoms with Crippen molar-refractivity contribution < 1.29 is 70.7 Å². The van der Waals surface area contributed by atoms with E-state index in [0.29, 0.717) is 57.2 Å². The standard InChI is InChI=1S/C73H112ClF3N12O12/c1-12-47(4)62-69(99)83(7)44-60(92)81(5)45-61(93)85(9)56(41-49-27-18-14-19-28-49)67(97)82(6)43-58(90)78-53(33-31-50-30-32-51(52(74)39-50)73(75,76)77)66(96)89-38-24-29-54(89)65(95)80-72(34-20-21-35-72)71(101)87(11)63(46(2)3)70(100)86(10)57(68(98)88-36-22-15-23-37-88)42-59(91)84(8)55(64(94)79-62)40-48-25-16-13-17-26-48/h30,32,39,46-49,53-57,62-63H,12-29,31,33-38,40-45H2,1-11H3,(H,78,90)(H,79,94)(H,80,95)/t47-,53-,54-,55-,56-,57-,62-,63-/m0/s1. The molecule has 3 aliphatic heterocycles. The average molecular weight is 1440 g/mol. The van der Waals surface area contributed by atoms with E-state index in [1.165, 1.54) is 84.8 Å². The maximum Gasteiger partial charge on any atom is 0.417 e. The lowest BCUT2D eigenvalue weighted by atomic mass is 9.84. The molecule has 1 aromatic rings. The maximum atomic E-state index is 15.5. The van der Waals surface area contributed by atoms with E-state index in [2.05, 4.69) is 16.0 Å². The van der Waals surface area contributed by atoms with Gasteiger partial charge in [0.25, 0.3) is 0 Å². The molecule has 12 amide bonds. The van der Waals surface area contributed by atoms with E-state index in [9.17, 15) is 37.1 Å². The molecule has 3 saturated carbocycles. The van der Waals surface area contributed by atoms with Crippen molar-refractivity contribution in [3.05, 3.63) is 34.3 Å². The number of fused-ring (bicyclic) bond motifs is 1. The number of hydrogen-bond acceptors (Lipinski definition) is 12. The summed E-state index contributed by atoms with van der Waals surface area (Å²) >= 11 is 6.15. The van der Waals surface area contributed by atoms with E-state index >= 15 is 33.6 Å². The Balaban J connectivity index is 1.28. The molecule has 1 aromatic carbocycles. The summed E-state index contributed by atoms with van der Waals surface area (Å²) < 4.78 is 41.6. The summed E-state index contributed by atoms with van der Waals surface area (Å²) in [7, 11) is 9.99. The van der Waals surface area contributed by atoms with Crippen LogP contribution in [0.4, 0.5) is 13.2 Å². The molecule has 0 radical (unpaired) electrons. The molecule has 7 rings (SSSR count). The van der Waals surface area contributed by atoms with Gasteiger partial charge in [-0.1, -0.05) is 129 Å². The number of benzene rings is 1. The molecule has 564 valence electrons. The highest BCUT2D eigenvalue weighted by atomic mass is 35.5. The highest BCUT2D eigenvalue weighted by Gasteiger charge is 2.51. The van der Waals surface area contributed by atoms with Crippen LogP contribution in [-0.2, 0) is 70.1 Å². The van der Waals surface area contributed by atoms with Crippen LogP contribution in [0.25, 0.3) is 0 Å². The van der Waals surface area contributed by atoms with Gasteiger partial charge in [0.15, 0.2) is 0 Å². The Morgan fingerprint density at radius 2 is 1.16 bits per heavy atom. The lowest BCUT2D eigenvalue weighted by Gasteiger charge is -2.42. The number of piperidine rings is 1. The SMILES string of the molecule is CC[C@H](C)[C@@H]1NC(=O)[C@H](CC2CCCCC2)N(C)C(=O)C[C@@H](C(=O)N2CCCCC2)N(C)C(=O)[C@H](C(C)C)N(C)C(=O)C2(CCCC2)NC(=O)[C@@H]2CCCN2C(=O)[C@H](CCc2ccc(C(F)(F)F)c(Cl)c2)NC(=O)CN(C)C(=O)[C@H](CC2CCCCC2)N(C)C(=O)CN(C)C(=O)CN(C)C1=O. The first kappa shape index (κ1) is 81.2. The fraction of sp³-hybridized carbons (Fsp3) is 0.753. The summed E-state index contributed by atoms with van der Waals surface area (Å²) in [4.78, 5) is 191. The molecule has 0 unspecified atom stereocenters. The van der Waals surface area contributed by atoms with Crippen LogP contribution in [0.2, 0.25) is 5.02 Å². The van der Waals surface area contributed by atoms with Gasteiger partial charge in [0, 0.05) is 69.0 Å². The molecule has 3 aliphatic carbocycles. The second-order valence-corrected chi connectivity index (χ2v) is 30.5. The highest BCUT2D eigenvalue weighted by Crippen LogP contribution is 2.38. The van der Waals surface area contributed by atoms with Crippen molar-refractivity contribution in [3.8, 4) is 0 Å². The van der Waals surface area contributed by atoms with Crippen LogP contribution in [0.1, 0.15) is 193 Å². The molecule has 24 nitrogen and oxygen atoms in total. The van der Waals surface area contributed by atoms with Gasteiger partial charge in [-0.2, -0.15) is 13.2 Å². The Kier molecular flexibility index (Phi) is 29.3. The normalized spacial score (nSPS) is 26.8. The number of alkyl halides is 3. The predicted molar refractivity (Wildman–Crippen MR) is 374 cm³/mol. The summed E-state index contributed by atoms with van der Waals surface area (Å²) in [5.41, 5.74) is -2.35. The average Bonchev–Trinajstić information content (AvgIpc) is 1.77. The molecule has 8 atom stereocenters. The van der Waals surface area contributed by atoms with E-state index in [4.69, 9.17) is 11.6 Å². The molecule has 28 heteroatoms. The Labute approximate surface area is 599 Å². The highest BCUT2D eigenvalue weighted by molar-refractivity contribution is 6.31. The number of carbonyl (C=O) groups excluding carboxylic acids is 12. The lowest BCUT2D eigenvalue weighted by molar-refractivity contribution is -0.156. The fourth-order valence-electron chi connectivity index (χ4n) is 15.9. The third-order valence-electron chi connectivity index (χ3n) is 22.5. The van der Waals surface area contributed by atoms with E-state index in [1.54, 1.807) is 25.7 Å². The van der Waals surface area contributed by atoms with Gasteiger partial charge in [-0.15, -0.1) is 0 Å². The van der Waals surface area contributed by atoms with Crippen molar-refractivity contribution in [2.45, 2.75) is 242 Å². The van der Waals surface area contributed by atoms with Crippen molar-refractivity contribution in [3.63, 3.8) is 0 Å². The molecule has 1 spiro atoms. The van der Waals surface area contributed by atoms with E-state index in [-0.39, 0.29) is 63.3 Å². The summed E-state index contributed by atoms with van der Waals surface area (Å²) in [6.07, 6.45) is 8.09. The van der Waals surface area contributed by atoms with Crippen molar-refractivity contribution in [1.82, 2.24) is 60.0 Å². The molecule has 6 aliphatic rings. The molecule has 3 saturated heterocycles. The van der Waals surface area contributed by atoms with E-state index < -0.39 is 173 Å². The van der Waals surface area contributed by atoms with Crippen molar-refractivity contribution in [2.24, 2.45) is 23.7 Å². The second-order valence-electron chi connectivity index (χ2n) is 30.1. The minimum atomic E-state index is -4.76. The monoisotopic (exact) mass is 1440 g/mol. The van der Waals surface area contributed by atoms with Gasteiger partial charge in [-0.25, -0.2) is 0 Å². The minimum absolute atomic E-state index is 0.0202. The first-order valence-corrected chi connectivity index (χ1v) is 37.2. The van der Waals surface area contributed by atoms with Crippen LogP contribution >= 0.6 is 11.6 Å². The minimum Gasteiger partial charge on any atom is -0.343 e. The number of likely N-dealkylation sites (tertiary alicyclic amines) is 1. The third-order valence-corrected chi connectivity index (χ3v) is 22.8. The Bertz CT molecular complexity index is 3130. The number of aryl methyl sites for hydroxylation is 1. The van der Waals surface area contributed by atoms with E-state index in [0.717, 1.165) is 92.6 Å². The van der Waals surface area contributed by atoms with Crippen molar-refractivity contribution >= 4 is 82.5 Å². The quantitative estimate of drug-likeness (QED) is 0.217. The number of hydrogen-bond donors (Lipinski definition) is 3. The first-order valence-electron chi connectivity index (χ1n) is 36.9. The number of carbonyl (C=O) groups is 12. The number of rotatable bonds is 11. The maximum absolute atomic E-state index is 15.5. The van der Waals surface area contributed by atoms with Crippen LogP contribution in [0, 0.1) is 23.7 Å².